The molecule has 21 heavy (non-hydrogen) atoms. The molecule has 2 aromatic rings. The molecule has 2 nitrogen and oxygen atoms in total. The third-order valence-corrected chi connectivity index (χ3v) is 2.91. The van der Waals surface area contributed by atoms with Crippen LogP contribution in [0.4, 0.5) is 14.5 Å². The van der Waals surface area contributed by atoms with Gasteiger partial charge in [-0.3, -0.25) is 0 Å². The molecule has 0 unspecified atom stereocenters. The normalized spacial score (nSPS) is 10.7. The van der Waals surface area contributed by atoms with Gasteiger partial charge in [0.2, 0.25) is 0 Å². The van der Waals surface area contributed by atoms with Gasteiger partial charge in [0.15, 0.2) is 0 Å². The van der Waals surface area contributed by atoms with Crippen LogP contribution in [0.3, 0.4) is 0 Å². The maximum atomic E-state index is 13.5. The molecule has 2 aromatic carbocycles. The standard InChI is InChI=1S/C17H19F2NO/c1-12(2)11-21-16-5-3-4-15(9-16)20-10-13-8-14(18)6-7-17(13)19/h3-9,12,20H,10-11H2,1-2H3. The SMILES string of the molecule is CC(C)COc1cccc(NCc2cc(F)ccc2F)c1. The molecule has 0 bridgehead atoms. The van der Waals surface area contributed by atoms with Gasteiger partial charge in [-0.1, -0.05) is 19.9 Å². The van der Waals surface area contributed by atoms with Crippen LogP contribution in [0.25, 0.3) is 0 Å². The van der Waals surface area contributed by atoms with Crippen molar-refractivity contribution in [2.45, 2.75) is 20.4 Å². The highest BCUT2D eigenvalue weighted by molar-refractivity contribution is 5.48. The quantitative estimate of drug-likeness (QED) is 0.839. The summed E-state index contributed by atoms with van der Waals surface area (Å²) in [5.74, 6) is 0.342. The summed E-state index contributed by atoms with van der Waals surface area (Å²) in [6.07, 6.45) is 0. The Labute approximate surface area is 123 Å². The zero-order chi connectivity index (χ0) is 15.2. The lowest BCUT2D eigenvalue weighted by Crippen LogP contribution is -2.05. The van der Waals surface area contributed by atoms with Crippen LogP contribution < -0.4 is 10.1 Å². The number of ether oxygens (including phenoxy) is 1. The van der Waals surface area contributed by atoms with Gasteiger partial charge >= 0.3 is 0 Å². The maximum Gasteiger partial charge on any atom is 0.128 e. The number of hydrogen-bond acceptors (Lipinski definition) is 2. The fraction of sp³-hybridized carbons (Fsp3) is 0.294. The third kappa shape index (κ3) is 4.74. The first kappa shape index (κ1) is 15.3. The molecule has 4 heteroatoms. The Bertz CT molecular complexity index is 599. The summed E-state index contributed by atoms with van der Waals surface area (Å²) in [5, 5.41) is 3.07. The van der Waals surface area contributed by atoms with Crippen molar-refractivity contribution in [1.29, 1.82) is 0 Å². The highest BCUT2D eigenvalue weighted by Crippen LogP contribution is 2.19. The van der Waals surface area contributed by atoms with Crippen molar-refractivity contribution >= 4 is 5.69 Å². The maximum absolute atomic E-state index is 13.5. The summed E-state index contributed by atoms with van der Waals surface area (Å²) in [7, 11) is 0. The fourth-order valence-electron chi connectivity index (χ4n) is 1.83. The first-order chi connectivity index (χ1) is 10.0. The summed E-state index contributed by atoms with van der Waals surface area (Å²) < 4.78 is 32.3. The first-order valence-electron chi connectivity index (χ1n) is 6.95. The minimum absolute atomic E-state index is 0.219. The molecule has 0 aliphatic carbocycles. The summed E-state index contributed by atoms with van der Waals surface area (Å²) in [5.41, 5.74) is 1.10. The van der Waals surface area contributed by atoms with E-state index in [1.165, 1.54) is 6.07 Å². The number of hydrogen-bond donors (Lipinski definition) is 1. The van der Waals surface area contributed by atoms with E-state index in [0.717, 1.165) is 23.6 Å². The zero-order valence-electron chi connectivity index (χ0n) is 12.2. The minimum atomic E-state index is -0.442. The van der Waals surface area contributed by atoms with Gasteiger partial charge in [0.25, 0.3) is 0 Å². The smallest absolute Gasteiger partial charge is 0.128 e. The molecule has 0 aromatic heterocycles. The summed E-state index contributed by atoms with van der Waals surface area (Å²) in [6, 6.07) is 10.9. The third-order valence-electron chi connectivity index (χ3n) is 2.91. The van der Waals surface area contributed by atoms with Gasteiger partial charge < -0.3 is 10.1 Å². The minimum Gasteiger partial charge on any atom is -0.493 e. The Kier molecular flexibility index (Phi) is 5.14. The van der Waals surface area contributed by atoms with E-state index in [1.807, 2.05) is 24.3 Å². The van der Waals surface area contributed by atoms with Crippen LogP contribution in [0.15, 0.2) is 42.5 Å². The summed E-state index contributed by atoms with van der Waals surface area (Å²) in [6.45, 7) is 5.02. The van der Waals surface area contributed by atoms with Gasteiger partial charge in [-0.25, -0.2) is 8.78 Å². The van der Waals surface area contributed by atoms with Crippen molar-refractivity contribution in [3.05, 3.63) is 59.7 Å². The van der Waals surface area contributed by atoms with Gasteiger partial charge in [0.05, 0.1) is 6.61 Å². The molecule has 0 amide bonds. The van der Waals surface area contributed by atoms with E-state index in [1.54, 1.807) is 0 Å². The molecule has 0 fully saturated rings. The van der Waals surface area contributed by atoms with Crippen LogP contribution in [0.2, 0.25) is 0 Å². The second kappa shape index (κ2) is 7.07. The van der Waals surface area contributed by atoms with E-state index in [9.17, 15) is 8.78 Å². The molecule has 0 atom stereocenters. The van der Waals surface area contributed by atoms with Crippen LogP contribution in [-0.4, -0.2) is 6.61 Å². The lowest BCUT2D eigenvalue weighted by molar-refractivity contribution is 0.271. The van der Waals surface area contributed by atoms with E-state index in [2.05, 4.69) is 19.2 Å². The molecule has 0 aliphatic heterocycles. The number of halogens is 2. The van der Waals surface area contributed by atoms with Gasteiger partial charge in [0.1, 0.15) is 17.4 Å². The van der Waals surface area contributed by atoms with E-state index in [0.29, 0.717) is 18.1 Å². The molecule has 1 N–H and O–H groups in total. The second-order valence-corrected chi connectivity index (χ2v) is 5.32. The molecule has 0 spiro atoms. The Morgan fingerprint density at radius 1 is 1.10 bits per heavy atom. The average Bonchev–Trinajstić information content (AvgIpc) is 2.46. The Hall–Kier alpha value is -2.10. The number of rotatable bonds is 6. The first-order valence-corrected chi connectivity index (χ1v) is 6.95. The molecule has 112 valence electrons. The van der Waals surface area contributed by atoms with Crippen LogP contribution in [0.1, 0.15) is 19.4 Å². The molecule has 0 saturated carbocycles. The Morgan fingerprint density at radius 2 is 1.90 bits per heavy atom. The molecule has 0 saturated heterocycles. The molecule has 0 radical (unpaired) electrons. The van der Waals surface area contributed by atoms with Crippen LogP contribution >= 0.6 is 0 Å². The van der Waals surface area contributed by atoms with Crippen molar-refractivity contribution in [2.24, 2.45) is 5.92 Å². The molecule has 0 heterocycles. The van der Waals surface area contributed by atoms with Crippen molar-refractivity contribution in [3.8, 4) is 5.75 Å². The lowest BCUT2D eigenvalue weighted by Gasteiger charge is -2.11. The number of nitrogens with one attached hydrogen (secondary N) is 1. The number of benzene rings is 2. The Morgan fingerprint density at radius 3 is 2.67 bits per heavy atom. The van der Waals surface area contributed by atoms with Gasteiger partial charge in [-0.05, 0) is 36.2 Å². The van der Waals surface area contributed by atoms with Crippen LogP contribution in [0, 0.1) is 17.6 Å². The van der Waals surface area contributed by atoms with E-state index < -0.39 is 11.6 Å². The summed E-state index contributed by atoms with van der Waals surface area (Å²) in [4.78, 5) is 0. The fourth-order valence-corrected chi connectivity index (χ4v) is 1.83. The van der Waals surface area contributed by atoms with Crippen LogP contribution in [0.5, 0.6) is 5.75 Å². The second-order valence-electron chi connectivity index (χ2n) is 5.32. The van der Waals surface area contributed by atoms with Crippen molar-refractivity contribution in [1.82, 2.24) is 0 Å². The van der Waals surface area contributed by atoms with E-state index in [-0.39, 0.29) is 6.54 Å². The molecular formula is C17H19F2NO. The van der Waals surface area contributed by atoms with Gasteiger partial charge in [-0.2, -0.15) is 0 Å². The zero-order valence-corrected chi connectivity index (χ0v) is 12.2. The average molecular weight is 291 g/mol. The Balaban J connectivity index is 1.99. The summed E-state index contributed by atoms with van der Waals surface area (Å²) >= 11 is 0. The highest BCUT2D eigenvalue weighted by Gasteiger charge is 2.04. The predicted octanol–water partition coefficient (Wildman–Crippen LogP) is 4.61. The van der Waals surface area contributed by atoms with Gasteiger partial charge in [0, 0.05) is 23.9 Å². The molecule has 0 aliphatic rings. The molecular weight excluding hydrogens is 272 g/mol. The highest BCUT2D eigenvalue weighted by atomic mass is 19.1. The molecule has 2 rings (SSSR count). The lowest BCUT2D eigenvalue weighted by atomic mass is 10.2. The van der Waals surface area contributed by atoms with E-state index >= 15 is 0 Å². The van der Waals surface area contributed by atoms with E-state index in [4.69, 9.17) is 4.74 Å². The number of anilines is 1. The van der Waals surface area contributed by atoms with Gasteiger partial charge in [-0.15, -0.1) is 0 Å². The van der Waals surface area contributed by atoms with Crippen LogP contribution in [-0.2, 0) is 6.54 Å². The van der Waals surface area contributed by atoms with Crippen molar-refractivity contribution in [2.75, 3.05) is 11.9 Å². The topological polar surface area (TPSA) is 21.3 Å². The van der Waals surface area contributed by atoms with Crippen molar-refractivity contribution in [3.63, 3.8) is 0 Å². The monoisotopic (exact) mass is 291 g/mol. The van der Waals surface area contributed by atoms with Crippen molar-refractivity contribution < 1.29 is 13.5 Å². The largest absolute Gasteiger partial charge is 0.493 e. The predicted molar refractivity (Wildman–Crippen MR) is 80.5 cm³/mol.